The Kier molecular flexibility index (Phi) is 7.31. The minimum Gasteiger partial charge on any atom is -0.478 e. The lowest BCUT2D eigenvalue weighted by Crippen LogP contribution is -2.58. The Morgan fingerprint density at radius 2 is 1.76 bits per heavy atom. The third-order valence-electron chi connectivity index (χ3n) is 2.93. The van der Waals surface area contributed by atoms with Crippen molar-refractivity contribution >= 4 is 69.7 Å². The van der Waals surface area contributed by atoms with Gasteiger partial charge in [0.2, 0.25) is 9.70 Å². The quantitative estimate of drug-likeness (QED) is 0.334. The average molecular weight is 427 g/mol. The summed E-state index contributed by atoms with van der Waals surface area (Å²) in [6.45, 7) is 5.14. The number of carboxylic acids is 1. The molecule has 138 valence electrons. The van der Waals surface area contributed by atoms with E-state index in [4.69, 9.17) is 52.1 Å². The first-order valence-corrected chi connectivity index (χ1v) is 8.63. The molecule has 25 heavy (non-hydrogen) atoms. The van der Waals surface area contributed by atoms with Crippen LogP contribution < -0.4 is 16.0 Å². The SMILES string of the molecule is CC(C)(C)C(=O)NC(NC(=S)Nc1cccc(C(=O)O)c1)C(Cl)(Cl)Cl. The lowest BCUT2D eigenvalue weighted by Gasteiger charge is -2.30. The summed E-state index contributed by atoms with van der Waals surface area (Å²) in [4.78, 5) is 23.1. The molecule has 0 aliphatic carbocycles. The Balaban J connectivity index is 2.84. The number of thiocarbonyl (C=S) groups is 1. The van der Waals surface area contributed by atoms with Crippen molar-refractivity contribution in [3.8, 4) is 0 Å². The number of benzene rings is 1. The van der Waals surface area contributed by atoms with Crippen molar-refractivity contribution in [2.24, 2.45) is 5.41 Å². The summed E-state index contributed by atoms with van der Waals surface area (Å²) in [7, 11) is 0. The van der Waals surface area contributed by atoms with Crippen molar-refractivity contribution in [2.45, 2.75) is 30.7 Å². The van der Waals surface area contributed by atoms with Crippen LogP contribution in [0.2, 0.25) is 0 Å². The van der Waals surface area contributed by atoms with E-state index in [-0.39, 0.29) is 16.6 Å². The molecular weight excluding hydrogens is 409 g/mol. The second-order valence-corrected chi connectivity index (χ2v) is 8.96. The number of amides is 1. The highest BCUT2D eigenvalue weighted by molar-refractivity contribution is 7.80. The third kappa shape index (κ3) is 7.23. The fourth-order valence-corrected chi connectivity index (χ4v) is 2.14. The number of anilines is 1. The van der Waals surface area contributed by atoms with E-state index in [1.807, 2.05) is 0 Å². The van der Waals surface area contributed by atoms with Crippen LogP contribution >= 0.6 is 47.0 Å². The summed E-state index contributed by atoms with van der Waals surface area (Å²) in [5, 5.41) is 17.1. The molecule has 1 aromatic rings. The summed E-state index contributed by atoms with van der Waals surface area (Å²) in [6.07, 6.45) is -1.09. The normalized spacial score (nSPS) is 12.9. The summed E-state index contributed by atoms with van der Waals surface area (Å²) in [5.74, 6) is -1.41. The summed E-state index contributed by atoms with van der Waals surface area (Å²) < 4.78 is -1.87. The molecule has 1 aromatic carbocycles. The molecule has 0 bridgehead atoms. The molecule has 0 saturated carbocycles. The number of carboxylic acid groups (broad SMARTS) is 1. The van der Waals surface area contributed by atoms with Crippen LogP contribution in [0.15, 0.2) is 24.3 Å². The van der Waals surface area contributed by atoms with E-state index in [1.165, 1.54) is 12.1 Å². The van der Waals surface area contributed by atoms with Gasteiger partial charge in [0.1, 0.15) is 6.17 Å². The number of hydrogen-bond donors (Lipinski definition) is 4. The molecular formula is C15H18Cl3N3O3S. The maximum atomic E-state index is 12.1. The number of alkyl halides is 3. The zero-order valence-corrected chi connectivity index (χ0v) is 16.8. The van der Waals surface area contributed by atoms with Gasteiger partial charge in [0.05, 0.1) is 5.56 Å². The lowest BCUT2D eigenvalue weighted by atomic mass is 9.95. The fourth-order valence-electron chi connectivity index (χ4n) is 1.58. The van der Waals surface area contributed by atoms with Crippen molar-refractivity contribution in [3.63, 3.8) is 0 Å². The lowest BCUT2D eigenvalue weighted by molar-refractivity contribution is -0.129. The molecule has 0 heterocycles. The van der Waals surface area contributed by atoms with E-state index < -0.39 is 21.3 Å². The van der Waals surface area contributed by atoms with Gasteiger partial charge in [-0.25, -0.2) is 4.79 Å². The molecule has 1 amide bonds. The van der Waals surface area contributed by atoms with E-state index >= 15 is 0 Å². The summed E-state index contributed by atoms with van der Waals surface area (Å²) in [6, 6.07) is 6.02. The highest BCUT2D eigenvalue weighted by atomic mass is 35.6. The fraction of sp³-hybridized carbons (Fsp3) is 0.400. The maximum Gasteiger partial charge on any atom is 0.335 e. The van der Waals surface area contributed by atoms with Crippen LogP contribution in [-0.4, -0.2) is 32.1 Å². The second kappa shape index (κ2) is 8.40. The van der Waals surface area contributed by atoms with Crippen LogP contribution in [0.1, 0.15) is 31.1 Å². The minimum absolute atomic E-state index is 0.0491. The number of carbonyl (C=O) groups excluding carboxylic acids is 1. The molecule has 1 unspecified atom stereocenters. The Hall–Kier alpha value is -1.28. The smallest absolute Gasteiger partial charge is 0.335 e. The van der Waals surface area contributed by atoms with E-state index in [1.54, 1.807) is 32.9 Å². The van der Waals surface area contributed by atoms with Crippen molar-refractivity contribution in [1.82, 2.24) is 10.6 Å². The van der Waals surface area contributed by atoms with Gasteiger partial charge in [0.25, 0.3) is 0 Å². The first kappa shape index (κ1) is 21.8. The van der Waals surface area contributed by atoms with Crippen molar-refractivity contribution in [3.05, 3.63) is 29.8 Å². The van der Waals surface area contributed by atoms with Gasteiger partial charge >= 0.3 is 5.97 Å². The van der Waals surface area contributed by atoms with E-state index in [0.29, 0.717) is 5.69 Å². The van der Waals surface area contributed by atoms with Gasteiger partial charge in [-0.15, -0.1) is 0 Å². The summed E-state index contributed by atoms with van der Waals surface area (Å²) >= 11 is 22.8. The van der Waals surface area contributed by atoms with Crippen LogP contribution in [-0.2, 0) is 4.79 Å². The zero-order chi connectivity index (χ0) is 19.4. The number of carbonyl (C=O) groups is 2. The van der Waals surface area contributed by atoms with Gasteiger partial charge in [-0.2, -0.15) is 0 Å². The van der Waals surface area contributed by atoms with Gasteiger partial charge in [-0.3, -0.25) is 4.79 Å². The van der Waals surface area contributed by atoms with Gasteiger partial charge in [0.15, 0.2) is 5.11 Å². The zero-order valence-electron chi connectivity index (χ0n) is 13.7. The van der Waals surface area contributed by atoms with Crippen molar-refractivity contribution in [1.29, 1.82) is 0 Å². The average Bonchev–Trinajstić information content (AvgIpc) is 2.44. The molecule has 0 radical (unpaired) electrons. The minimum atomic E-state index is -1.87. The molecule has 6 nitrogen and oxygen atoms in total. The molecule has 1 atom stereocenters. The largest absolute Gasteiger partial charge is 0.478 e. The number of halogens is 3. The van der Waals surface area contributed by atoms with Crippen molar-refractivity contribution in [2.75, 3.05) is 5.32 Å². The second-order valence-electron chi connectivity index (χ2n) is 6.18. The topological polar surface area (TPSA) is 90.5 Å². The van der Waals surface area contributed by atoms with Crippen LogP contribution in [0.5, 0.6) is 0 Å². The molecule has 1 rings (SSSR count). The number of aromatic carboxylic acids is 1. The van der Waals surface area contributed by atoms with Gasteiger partial charge in [-0.1, -0.05) is 61.6 Å². The molecule has 0 saturated heterocycles. The highest BCUT2D eigenvalue weighted by Gasteiger charge is 2.36. The van der Waals surface area contributed by atoms with Crippen LogP contribution in [0.25, 0.3) is 0 Å². The monoisotopic (exact) mass is 425 g/mol. The molecule has 4 N–H and O–H groups in total. The standard InChI is InChI=1S/C15H18Cl3N3O3S/c1-14(2,3)12(24)20-11(15(16,17)18)21-13(25)19-9-6-4-5-8(7-9)10(22)23/h4-7,11H,1-3H3,(H,20,24)(H,22,23)(H2,19,21,25). The van der Waals surface area contributed by atoms with E-state index in [9.17, 15) is 9.59 Å². The third-order valence-corrected chi connectivity index (χ3v) is 3.80. The number of nitrogens with one attached hydrogen (secondary N) is 3. The van der Waals surface area contributed by atoms with Crippen LogP contribution in [0, 0.1) is 5.41 Å². The number of hydrogen-bond acceptors (Lipinski definition) is 3. The molecule has 0 spiro atoms. The molecule has 0 aromatic heterocycles. The van der Waals surface area contributed by atoms with Gasteiger partial charge < -0.3 is 21.1 Å². The van der Waals surface area contributed by atoms with Gasteiger partial charge in [0, 0.05) is 11.1 Å². The predicted molar refractivity (Wildman–Crippen MR) is 104 cm³/mol. The van der Waals surface area contributed by atoms with E-state index in [0.717, 1.165) is 0 Å². The van der Waals surface area contributed by atoms with Crippen molar-refractivity contribution < 1.29 is 14.7 Å². The van der Waals surface area contributed by atoms with Gasteiger partial charge in [-0.05, 0) is 30.4 Å². The highest BCUT2D eigenvalue weighted by Crippen LogP contribution is 2.30. The molecule has 0 aliphatic rings. The Morgan fingerprint density at radius 3 is 2.24 bits per heavy atom. The molecule has 10 heteroatoms. The Bertz CT molecular complexity index is 672. The Morgan fingerprint density at radius 1 is 1.16 bits per heavy atom. The van der Waals surface area contributed by atoms with E-state index in [2.05, 4.69) is 16.0 Å². The Labute approximate surface area is 166 Å². The number of rotatable bonds is 4. The maximum absolute atomic E-state index is 12.1. The molecule has 0 fully saturated rings. The predicted octanol–water partition coefficient (Wildman–Crippen LogP) is 3.53. The first-order valence-electron chi connectivity index (χ1n) is 7.09. The first-order chi connectivity index (χ1) is 11.3. The molecule has 0 aliphatic heterocycles. The van der Waals surface area contributed by atoms with Crippen LogP contribution in [0.4, 0.5) is 5.69 Å². The van der Waals surface area contributed by atoms with Crippen LogP contribution in [0.3, 0.4) is 0 Å². The summed E-state index contributed by atoms with van der Waals surface area (Å²) in [5.41, 5.74) is -0.171.